The molecular formula is C10H18O8. The molecule has 0 amide bonds. The number of ether oxygens (including phenoxy) is 2. The first-order valence-electron chi connectivity index (χ1n) is 5.25. The van der Waals surface area contributed by atoms with Crippen molar-refractivity contribution < 1.29 is 39.5 Å². The molecule has 0 aliphatic rings. The highest BCUT2D eigenvalue weighted by Gasteiger charge is 2.34. The molecule has 0 rings (SSSR count). The molecule has 4 N–H and O–H groups in total. The summed E-state index contributed by atoms with van der Waals surface area (Å²) in [5.74, 6) is -1.46. The number of rotatable bonds is 7. The van der Waals surface area contributed by atoms with Crippen molar-refractivity contribution in [3.05, 3.63) is 0 Å². The molecule has 0 aromatic carbocycles. The highest BCUT2D eigenvalue weighted by Crippen LogP contribution is 2.10. The summed E-state index contributed by atoms with van der Waals surface area (Å²) in [6.07, 6.45) is -6.33. The molecule has 18 heavy (non-hydrogen) atoms. The van der Waals surface area contributed by atoms with Crippen molar-refractivity contribution in [2.45, 2.75) is 38.3 Å². The van der Waals surface area contributed by atoms with Gasteiger partial charge in [-0.25, -0.2) is 0 Å². The zero-order chi connectivity index (χ0) is 14.3. The number of hydrogen-bond acceptors (Lipinski definition) is 8. The second-order valence-corrected chi connectivity index (χ2v) is 3.68. The van der Waals surface area contributed by atoms with E-state index in [1.165, 1.54) is 0 Å². The molecule has 8 heteroatoms. The molecule has 0 aromatic rings. The maximum Gasteiger partial charge on any atom is 0.303 e. The zero-order valence-electron chi connectivity index (χ0n) is 10.1. The summed E-state index contributed by atoms with van der Waals surface area (Å²) < 4.78 is 9.05. The molecule has 0 aromatic heterocycles. The van der Waals surface area contributed by atoms with Gasteiger partial charge in [-0.1, -0.05) is 0 Å². The van der Waals surface area contributed by atoms with Crippen molar-refractivity contribution >= 4 is 11.9 Å². The van der Waals surface area contributed by atoms with Crippen LogP contribution in [0.1, 0.15) is 13.8 Å². The van der Waals surface area contributed by atoms with E-state index < -0.39 is 49.6 Å². The molecular weight excluding hydrogens is 248 g/mol. The Labute approximate surface area is 104 Å². The van der Waals surface area contributed by atoms with Crippen molar-refractivity contribution in [2.75, 3.05) is 13.2 Å². The molecule has 0 spiro atoms. The van der Waals surface area contributed by atoms with Crippen LogP contribution in [0.15, 0.2) is 0 Å². The molecule has 0 fully saturated rings. The van der Waals surface area contributed by atoms with E-state index in [2.05, 4.69) is 9.47 Å². The van der Waals surface area contributed by atoms with Gasteiger partial charge in [0, 0.05) is 13.8 Å². The van der Waals surface area contributed by atoms with Gasteiger partial charge in [0.25, 0.3) is 0 Å². The lowest BCUT2D eigenvalue weighted by Gasteiger charge is -2.28. The lowest BCUT2D eigenvalue weighted by Crippen LogP contribution is -2.49. The van der Waals surface area contributed by atoms with Crippen LogP contribution in [0.5, 0.6) is 0 Å². The number of aliphatic hydroxyl groups excluding tert-OH is 4. The van der Waals surface area contributed by atoms with E-state index in [-0.39, 0.29) is 0 Å². The molecule has 0 heterocycles. The molecule has 0 radical (unpaired) electrons. The predicted octanol–water partition coefficient (Wildman–Crippen LogP) is -2.44. The van der Waals surface area contributed by atoms with Gasteiger partial charge in [0.1, 0.15) is 24.9 Å². The zero-order valence-corrected chi connectivity index (χ0v) is 10.1. The predicted molar refractivity (Wildman–Crippen MR) is 57.3 cm³/mol. The van der Waals surface area contributed by atoms with Crippen molar-refractivity contribution in [1.29, 1.82) is 0 Å². The van der Waals surface area contributed by atoms with Crippen molar-refractivity contribution in [1.82, 2.24) is 0 Å². The molecule has 106 valence electrons. The molecule has 0 saturated heterocycles. The normalized spacial score (nSPS) is 17.4. The Morgan fingerprint density at radius 3 is 2.00 bits per heavy atom. The maximum absolute atomic E-state index is 10.8. The van der Waals surface area contributed by atoms with Crippen LogP contribution in [0.3, 0.4) is 0 Å². The van der Waals surface area contributed by atoms with Crippen LogP contribution >= 0.6 is 0 Å². The third kappa shape index (κ3) is 5.92. The van der Waals surface area contributed by atoms with Crippen LogP contribution in [-0.2, 0) is 19.1 Å². The maximum atomic E-state index is 10.8. The van der Waals surface area contributed by atoms with Gasteiger partial charge in [-0.15, -0.1) is 0 Å². The van der Waals surface area contributed by atoms with E-state index in [1.807, 2.05) is 0 Å². The van der Waals surface area contributed by atoms with E-state index in [9.17, 15) is 24.9 Å². The number of hydrogen-bond donors (Lipinski definition) is 4. The van der Waals surface area contributed by atoms with Gasteiger partial charge < -0.3 is 29.9 Å². The summed E-state index contributed by atoms with van der Waals surface area (Å²) in [5.41, 5.74) is 0. The van der Waals surface area contributed by atoms with Crippen molar-refractivity contribution in [3.8, 4) is 0 Å². The molecule has 0 saturated carbocycles. The van der Waals surface area contributed by atoms with Crippen molar-refractivity contribution in [3.63, 3.8) is 0 Å². The summed E-state index contributed by atoms with van der Waals surface area (Å²) >= 11 is 0. The summed E-state index contributed by atoms with van der Waals surface area (Å²) in [7, 11) is 0. The third-order valence-corrected chi connectivity index (χ3v) is 2.06. The average Bonchev–Trinajstić information content (AvgIpc) is 2.30. The summed E-state index contributed by atoms with van der Waals surface area (Å²) in [5, 5.41) is 37.2. The SMILES string of the molecule is CC(=O)OCC(O)C(O)C(OC(C)=O)C(O)CO. The first-order valence-corrected chi connectivity index (χ1v) is 5.25. The van der Waals surface area contributed by atoms with Crippen LogP contribution in [0, 0.1) is 0 Å². The molecule has 8 nitrogen and oxygen atoms in total. The van der Waals surface area contributed by atoms with Gasteiger partial charge in [0.15, 0.2) is 6.10 Å². The monoisotopic (exact) mass is 266 g/mol. The van der Waals surface area contributed by atoms with E-state index in [1.54, 1.807) is 0 Å². The number of carbonyl (C=O) groups excluding carboxylic acids is 2. The Bertz CT molecular complexity index is 279. The molecule has 4 unspecified atom stereocenters. The van der Waals surface area contributed by atoms with E-state index in [0.29, 0.717) is 0 Å². The van der Waals surface area contributed by atoms with Gasteiger partial charge in [-0.05, 0) is 0 Å². The highest BCUT2D eigenvalue weighted by atomic mass is 16.6. The summed E-state index contributed by atoms with van der Waals surface area (Å²) in [6, 6.07) is 0. The van der Waals surface area contributed by atoms with Crippen LogP contribution in [0.2, 0.25) is 0 Å². The quantitative estimate of drug-likeness (QED) is 0.373. The van der Waals surface area contributed by atoms with E-state index >= 15 is 0 Å². The van der Waals surface area contributed by atoms with Gasteiger partial charge in [-0.2, -0.15) is 0 Å². The number of esters is 2. The molecule has 0 aliphatic carbocycles. The lowest BCUT2D eigenvalue weighted by atomic mass is 10.0. The third-order valence-electron chi connectivity index (χ3n) is 2.06. The minimum absolute atomic E-state index is 0.521. The number of aliphatic hydroxyl groups is 4. The Morgan fingerprint density at radius 1 is 1.06 bits per heavy atom. The van der Waals surface area contributed by atoms with E-state index in [0.717, 1.165) is 13.8 Å². The van der Waals surface area contributed by atoms with Gasteiger partial charge >= 0.3 is 11.9 Å². The van der Waals surface area contributed by atoms with Crippen LogP contribution in [0.25, 0.3) is 0 Å². The highest BCUT2D eigenvalue weighted by molar-refractivity contribution is 5.66. The standard InChI is InChI=1S/C10H18O8/c1-5(12)17-4-8(15)9(16)10(7(14)3-11)18-6(2)13/h7-11,14-16H,3-4H2,1-2H3. The Hall–Kier alpha value is -1.22. The fourth-order valence-corrected chi connectivity index (χ4v) is 1.19. The Kier molecular flexibility index (Phi) is 7.44. The minimum Gasteiger partial charge on any atom is -0.463 e. The average molecular weight is 266 g/mol. The number of carbonyl (C=O) groups is 2. The minimum atomic E-state index is -1.70. The first-order chi connectivity index (χ1) is 8.29. The van der Waals surface area contributed by atoms with Gasteiger partial charge in [-0.3, -0.25) is 9.59 Å². The second kappa shape index (κ2) is 7.98. The van der Waals surface area contributed by atoms with Crippen LogP contribution in [-0.4, -0.2) is 70.0 Å². The van der Waals surface area contributed by atoms with Crippen LogP contribution in [0.4, 0.5) is 0 Å². The summed E-state index contributed by atoms with van der Waals surface area (Å²) in [6.45, 7) is 0.870. The molecule has 0 bridgehead atoms. The largest absolute Gasteiger partial charge is 0.463 e. The van der Waals surface area contributed by atoms with Gasteiger partial charge in [0.2, 0.25) is 0 Å². The lowest BCUT2D eigenvalue weighted by molar-refractivity contribution is -0.177. The van der Waals surface area contributed by atoms with E-state index in [4.69, 9.17) is 5.11 Å². The Balaban J connectivity index is 4.56. The Morgan fingerprint density at radius 2 is 1.61 bits per heavy atom. The fraction of sp³-hybridized carbons (Fsp3) is 0.800. The summed E-state index contributed by atoms with van der Waals surface area (Å²) in [4.78, 5) is 21.3. The smallest absolute Gasteiger partial charge is 0.303 e. The van der Waals surface area contributed by atoms with Gasteiger partial charge in [0.05, 0.1) is 6.61 Å². The fourth-order valence-electron chi connectivity index (χ4n) is 1.19. The second-order valence-electron chi connectivity index (χ2n) is 3.68. The molecule has 4 atom stereocenters. The first kappa shape index (κ1) is 16.8. The van der Waals surface area contributed by atoms with Crippen LogP contribution < -0.4 is 0 Å². The van der Waals surface area contributed by atoms with Crippen molar-refractivity contribution in [2.24, 2.45) is 0 Å². The molecule has 0 aliphatic heterocycles. The topological polar surface area (TPSA) is 134 Å².